The van der Waals surface area contributed by atoms with Crippen molar-refractivity contribution in [2.45, 2.75) is 65.2 Å². The van der Waals surface area contributed by atoms with E-state index in [2.05, 4.69) is 19.9 Å². The first-order chi connectivity index (χ1) is 23.6. The Labute approximate surface area is 289 Å². The molecule has 0 bridgehead atoms. The summed E-state index contributed by atoms with van der Waals surface area (Å²) in [6, 6.07) is 2.66. The van der Waals surface area contributed by atoms with Crippen LogP contribution in [0.25, 0.3) is 11.5 Å². The molecular weight excluding hydrogens is 660 g/mol. The molecule has 3 heterocycles. The van der Waals surface area contributed by atoms with Crippen LogP contribution in [0.5, 0.6) is 11.5 Å². The summed E-state index contributed by atoms with van der Waals surface area (Å²) >= 11 is 0. The number of piperazine rings is 2. The second-order valence-corrected chi connectivity index (χ2v) is 13.2. The zero-order chi connectivity index (χ0) is 36.6. The summed E-state index contributed by atoms with van der Waals surface area (Å²) in [5.74, 6) is -0.665. The Morgan fingerprint density at radius 1 is 0.960 bits per heavy atom. The van der Waals surface area contributed by atoms with E-state index in [0.29, 0.717) is 32.4 Å². The van der Waals surface area contributed by atoms with E-state index in [4.69, 9.17) is 19.6 Å². The molecule has 0 saturated carbocycles. The molecule has 2 aliphatic heterocycles. The van der Waals surface area contributed by atoms with E-state index in [1.807, 2.05) is 11.9 Å². The SMILES string of the molecule is C[C@H](NC(=O)OC(C)(C)C)c1oc(-c2ccc(OC(F)F)c(OCCCCC(=O)N3CCN(C)CC3)c2)nc1C(=O)N1CCN(C(N)=O)CC1. The Balaban J connectivity index is 1.53. The maximum Gasteiger partial charge on any atom is 0.408 e. The standard InChI is InChI=1S/C33H47F2N7O8/c1-21(37-32(46)50-33(2,3)4)27-26(29(44)41-15-17-42(18-16-41)31(36)45)38-28(49-27)22-9-10-23(48-30(34)35)24(20-22)47-19-7-6-8-25(43)40-13-11-39(5)12-14-40/h9-10,20-21,30H,6-8,11-19H2,1-5H3,(H2,36,45)(H,37,46)/t21-/m0/s1. The highest BCUT2D eigenvalue weighted by molar-refractivity contribution is 5.94. The molecule has 15 nitrogen and oxygen atoms in total. The maximum absolute atomic E-state index is 13.7. The van der Waals surface area contributed by atoms with Gasteiger partial charge in [-0.05, 0) is 65.8 Å². The number of aromatic nitrogens is 1. The first-order valence-electron chi connectivity index (χ1n) is 16.6. The number of nitrogens with zero attached hydrogens (tertiary/aromatic N) is 5. The third kappa shape index (κ3) is 10.7. The summed E-state index contributed by atoms with van der Waals surface area (Å²) in [5, 5.41) is 2.66. The van der Waals surface area contributed by atoms with Gasteiger partial charge in [0.25, 0.3) is 5.91 Å². The molecule has 3 N–H and O–H groups in total. The van der Waals surface area contributed by atoms with Crippen molar-refractivity contribution in [3.05, 3.63) is 29.7 Å². The molecule has 1 atom stereocenters. The van der Waals surface area contributed by atoms with E-state index < -0.39 is 36.3 Å². The van der Waals surface area contributed by atoms with Crippen molar-refractivity contribution >= 4 is 23.9 Å². The minimum absolute atomic E-state index is 0.0108. The van der Waals surface area contributed by atoms with Crippen LogP contribution in [-0.2, 0) is 9.53 Å². The van der Waals surface area contributed by atoms with E-state index in [1.54, 1.807) is 27.7 Å². The van der Waals surface area contributed by atoms with Crippen molar-refractivity contribution in [2.24, 2.45) is 5.73 Å². The number of halogens is 2. The Morgan fingerprint density at radius 2 is 1.60 bits per heavy atom. The molecule has 0 spiro atoms. The number of oxazole rings is 1. The van der Waals surface area contributed by atoms with Crippen LogP contribution >= 0.6 is 0 Å². The van der Waals surface area contributed by atoms with E-state index in [-0.39, 0.29) is 73.1 Å². The van der Waals surface area contributed by atoms with Gasteiger partial charge in [-0.25, -0.2) is 14.6 Å². The number of carbonyl (C=O) groups excluding carboxylic acids is 4. The second-order valence-electron chi connectivity index (χ2n) is 13.2. The van der Waals surface area contributed by atoms with Gasteiger partial charge in [-0.15, -0.1) is 0 Å². The molecule has 5 amide bonds. The van der Waals surface area contributed by atoms with E-state index in [1.165, 1.54) is 28.0 Å². The number of alkyl halides is 2. The predicted octanol–water partition coefficient (Wildman–Crippen LogP) is 3.69. The Kier molecular flexibility index (Phi) is 12.8. The molecule has 2 aromatic rings. The fourth-order valence-corrected chi connectivity index (χ4v) is 5.45. The summed E-state index contributed by atoms with van der Waals surface area (Å²) in [6.45, 7) is 7.58. The number of nitrogens with one attached hydrogen (secondary N) is 1. The molecule has 1 aromatic carbocycles. The van der Waals surface area contributed by atoms with Crippen LogP contribution < -0.4 is 20.5 Å². The molecule has 0 radical (unpaired) electrons. The minimum atomic E-state index is -3.11. The molecule has 0 unspecified atom stereocenters. The quantitative estimate of drug-likeness (QED) is 0.310. The van der Waals surface area contributed by atoms with Crippen LogP contribution in [0.15, 0.2) is 22.6 Å². The van der Waals surface area contributed by atoms with E-state index in [0.717, 1.165) is 13.1 Å². The van der Waals surface area contributed by atoms with Gasteiger partial charge in [0.15, 0.2) is 23.0 Å². The van der Waals surface area contributed by atoms with Crippen LogP contribution in [0.3, 0.4) is 0 Å². The maximum atomic E-state index is 13.7. The van der Waals surface area contributed by atoms with Crippen molar-refractivity contribution < 1.29 is 46.6 Å². The van der Waals surface area contributed by atoms with Crippen molar-refractivity contribution in [3.8, 4) is 23.0 Å². The number of urea groups is 1. The van der Waals surface area contributed by atoms with E-state index in [9.17, 15) is 28.0 Å². The number of primary amides is 1. The van der Waals surface area contributed by atoms with Gasteiger partial charge in [-0.3, -0.25) is 9.59 Å². The smallest absolute Gasteiger partial charge is 0.408 e. The largest absolute Gasteiger partial charge is 0.490 e. The first kappa shape index (κ1) is 38.1. The number of benzene rings is 1. The number of carbonyl (C=O) groups is 4. The number of unbranched alkanes of at least 4 members (excludes halogenated alkanes) is 1. The molecule has 50 heavy (non-hydrogen) atoms. The van der Waals surface area contributed by atoms with Gasteiger partial charge in [0.05, 0.1) is 12.6 Å². The van der Waals surface area contributed by atoms with Gasteiger partial charge in [0.2, 0.25) is 11.8 Å². The third-order valence-electron chi connectivity index (χ3n) is 8.17. The Bertz CT molecular complexity index is 1500. The van der Waals surface area contributed by atoms with Crippen molar-refractivity contribution in [2.75, 3.05) is 66.0 Å². The topological polar surface area (TPSA) is 173 Å². The van der Waals surface area contributed by atoms with Gasteiger partial charge in [0.1, 0.15) is 5.60 Å². The Hall–Kier alpha value is -4.67. The lowest BCUT2D eigenvalue weighted by Crippen LogP contribution is -2.52. The van der Waals surface area contributed by atoms with Gasteiger partial charge in [-0.2, -0.15) is 8.78 Å². The number of amides is 5. The molecule has 2 fully saturated rings. The number of alkyl carbamates (subject to hydrolysis) is 1. The molecular formula is C33H47F2N7O8. The highest BCUT2D eigenvalue weighted by atomic mass is 19.3. The second kappa shape index (κ2) is 16.8. The zero-order valence-corrected chi connectivity index (χ0v) is 29.2. The van der Waals surface area contributed by atoms with Crippen LogP contribution in [0.4, 0.5) is 18.4 Å². The average molecular weight is 708 g/mol. The predicted molar refractivity (Wildman–Crippen MR) is 177 cm³/mol. The number of nitrogens with two attached hydrogens (primary N) is 1. The average Bonchev–Trinajstić information content (AvgIpc) is 3.50. The molecule has 4 rings (SSSR count). The number of ether oxygens (including phenoxy) is 3. The minimum Gasteiger partial charge on any atom is -0.490 e. The van der Waals surface area contributed by atoms with Crippen LogP contribution in [0.2, 0.25) is 0 Å². The van der Waals surface area contributed by atoms with Crippen LogP contribution in [-0.4, -0.2) is 127 Å². The van der Waals surface area contributed by atoms with Crippen molar-refractivity contribution in [3.63, 3.8) is 0 Å². The van der Waals surface area contributed by atoms with Gasteiger partial charge >= 0.3 is 18.7 Å². The molecule has 276 valence electrons. The van der Waals surface area contributed by atoms with Crippen molar-refractivity contribution in [1.29, 1.82) is 0 Å². The summed E-state index contributed by atoms with van der Waals surface area (Å²) in [6.07, 6.45) is 0.624. The number of likely N-dealkylation sites (N-methyl/N-ethyl adjacent to an activating group) is 1. The number of hydrogen-bond acceptors (Lipinski definition) is 10. The highest BCUT2D eigenvalue weighted by Crippen LogP contribution is 2.35. The molecule has 2 aliphatic rings. The third-order valence-corrected chi connectivity index (χ3v) is 8.17. The van der Waals surface area contributed by atoms with Gasteiger partial charge in [0, 0.05) is 64.3 Å². The number of hydrogen-bond donors (Lipinski definition) is 2. The summed E-state index contributed by atoms with van der Waals surface area (Å²) in [4.78, 5) is 61.9. The molecule has 0 aliphatic carbocycles. The number of rotatable bonds is 12. The molecule has 17 heteroatoms. The molecule has 2 saturated heterocycles. The van der Waals surface area contributed by atoms with E-state index >= 15 is 0 Å². The fourth-order valence-electron chi connectivity index (χ4n) is 5.45. The zero-order valence-electron chi connectivity index (χ0n) is 29.2. The summed E-state index contributed by atoms with van der Waals surface area (Å²) in [7, 11) is 2.01. The Morgan fingerprint density at radius 3 is 2.22 bits per heavy atom. The monoisotopic (exact) mass is 707 g/mol. The first-order valence-corrected chi connectivity index (χ1v) is 16.6. The van der Waals surface area contributed by atoms with Crippen LogP contribution in [0.1, 0.15) is 69.2 Å². The summed E-state index contributed by atoms with van der Waals surface area (Å²) in [5.41, 5.74) is 4.80. The summed E-state index contributed by atoms with van der Waals surface area (Å²) < 4.78 is 48.5. The normalized spacial score (nSPS) is 16.3. The lowest BCUT2D eigenvalue weighted by molar-refractivity contribution is -0.132. The lowest BCUT2D eigenvalue weighted by atomic mass is 10.1. The van der Waals surface area contributed by atoms with Crippen molar-refractivity contribution in [1.82, 2.24) is 29.9 Å². The fraction of sp³-hybridized carbons (Fsp3) is 0.606. The van der Waals surface area contributed by atoms with Crippen LogP contribution in [0, 0.1) is 0 Å². The molecule has 1 aromatic heterocycles. The lowest BCUT2D eigenvalue weighted by Gasteiger charge is -2.33. The van der Waals surface area contributed by atoms with Gasteiger partial charge < -0.3 is 49.3 Å². The van der Waals surface area contributed by atoms with Gasteiger partial charge in [-0.1, -0.05) is 0 Å². The highest BCUT2D eigenvalue weighted by Gasteiger charge is 2.32.